The maximum absolute atomic E-state index is 12.3. The van der Waals surface area contributed by atoms with Crippen molar-refractivity contribution in [1.29, 1.82) is 0 Å². The molecule has 0 bridgehead atoms. The van der Waals surface area contributed by atoms with Crippen LogP contribution in [-0.4, -0.2) is 46.9 Å². The fourth-order valence-corrected chi connectivity index (χ4v) is 2.87. The minimum absolute atomic E-state index is 0.114. The number of esters is 1. The van der Waals surface area contributed by atoms with Gasteiger partial charge in [0.25, 0.3) is 11.1 Å². The predicted octanol–water partition coefficient (Wildman–Crippen LogP) is 2.39. The van der Waals surface area contributed by atoms with Crippen LogP contribution in [0.2, 0.25) is 0 Å². The molecule has 1 N–H and O–H groups in total. The Balaban J connectivity index is 2.23. The number of aromatic hydroxyl groups is 1. The first kappa shape index (κ1) is 17.9. The van der Waals surface area contributed by atoms with Crippen LogP contribution in [0.25, 0.3) is 6.08 Å². The molecule has 0 aromatic heterocycles. The second-order valence-corrected chi connectivity index (χ2v) is 5.69. The summed E-state index contributed by atoms with van der Waals surface area (Å²) >= 11 is 0.703. The lowest BCUT2D eigenvalue weighted by Crippen LogP contribution is -2.34. The molecule has 2 amide bonds. The molecule has 1 aliphatic rings. The molecule has 0 saturated carbocycles. The van der Waals surface area contributed by atoms with Crippen LogP contribution in [0.4, 0.5) is 4.79 Å². The summed E-state index contributed by atoms with van der Waals surface area (Å²) in [5, 5.41) is 9.60. The number of carbonyl (C=O) groups excluding carboxylic acids is 3. The zero-order chi connectivity index (χ0) is 17.7. The number of hydrogen-bond donors (Lipinski definition) is 1. The van der Waals surface area contributed by atoms with Crippen LogP contribution in [-0.2, 0) is 14.3 Å². The topological polar surface area (TPSA) is 93.1 Å². The van der Waals surface area contributed by atoms with Gasteiger partial charge in [-0.05, 0) is 37.8 Å². The minimum atomic E-state index is -0.651. The van der Waals surface area contributed by atoms with Crippen LogP contribution in [0.5, 0.6) is 11.5 Å². The Morgan fingerprint density at radius 3 is 2.71 bits per heavy atom. The van der Waals surface area contributed by atoms with E-state index in [0.29, 0.717) is 23.9 Å². The Bertz CT molecular complexity index is 700. The molecule has 8 heteroatoms. The summed E-state index contributed by atoms with van der Waals surface area (Å²) in [5.74, 6) is -1.07. The summed E-state index contributed by atoms with van der Waals surface area (Å²) < 4.78 is 10.0. The second-order valence-electron chi connectivity index (χ2n) is 4.70. The van der Waals surface area contributed by atoms with E-state index in [4.69, 9.17) is 9.47 Å². The van der Waals surface area contributed by atoms with Crippen molar-refractivity contribution in [3.8, 4) is 11.5 Å². The van der Waals surface area contributed by atoms with Crippen molar-refractivity contribution < 1.29 is 29.0 Å². The van der Waals surface area contributed by atoms with E-state index in [9.17, 15) is 19.5 Å². The number of imide groups is 1. The van der Waals surface area contributed by atoms with E-state index in [1.54, 1.807) is 32.0 Å². The fraction of sp³-hybridized carbons (Fsp3) is 0.312. The minimum Gasteiger partial charge on any atom is -0.504 e. The standard InChI is InChI=1S/C16H17NO6S/c1-3-22-11-7-5-6-10(14(11)19)8-12-15(20)17(16(21)24-12)9-13(18)23-4-2/h5-8,19H,3-4,9H2,1-2H3/b12-8-. The quantitative estimate of drug-likeness (QED) is 0.621. The van der Waals surface area contributed by atoms with Crippen LogP contribution in [0.1, 0.15) is 19.4 Å². The number of rotatable bonds is 6. The lowest BCUT2D eigenvalue weighted by molar-refractivity contribution is -0.145. The van der Waals surface area contributed by atoms with Gasteiger partial charge >= 0.3 is 5.97 Å². The van der Waals surface area contributed by atoms with E-state index in [1.165, 1.54) is 6.08 Å². The Labute approximate surface area is 143 Å². The fourth-order valence-electron chi connectivity index (χ4n) is 2.04. The van der Waals surface area contributed by atoms with Gasteiger partial charge in [0.15, 0.2) is 11.5 Å². The van der Waals surface area contributed by atoms with Crippen LogP contribution < -0.4 is 4.74 Å². The molecule has 1 aliphatic heterocycles. The van der Waals surface area contributed by atoms with Crippen molar-refractivity contribution in [3.05, 3.63) is 28.7 Å². The molecule has 0 atom stereocenters. The van der Waals surface area contributed by atoms with E-state index in [0.717, 1.165) is 4.90 Å². The number of thioether (sulfide) groups is 1. The number of ether oxygens (including phenoxy) is 2. The van der Waals surface area contributed by atoms with Crippen molar-refractivity contribution in [2.24, 2.45) is 0 Å². The largest absolute Gasteiger partial charge is 0.504 e. The van der Waals surface area contributed by atoms with E-state index < -0.39 is 23.7 Å². The molecule has 1 aromatic rings. The van der Waals surface area contributed by atoms with Crippen molar-refractivity contribution in [2.45, 2.75) is 13.8 Å². The Hall–Kier alpha value is -2.48. The highest BCUT2D eigenvalue weighted by atomic mass is 32.2. The van der Waals surface area contributed by atoms with Crippen molar-refractivity contribution >= 4 is 35.0 Å². The van der Waals surface area contributed by atoms with Gasteiger partial charge in [-0.2, -0.15) is 0 Å². The maximum Gasteiger partial charge on any atom is 0.326 e. The average Bonchev–Trinajstić information content (AvgIpc) is 2.79. The van der Waals surface area contributed by atoms with Crippen LogP contribution >= 0.6 is 11.8 Å². The highest BCUT2D eigenvalue weighted by Crippen LogP contribution is 2.36. The SMILES string of the molecule is CCOC(=O)CN1C(=O)S/C(=C\c2cccc(OCC)c2O)C1=O. The van der Waals surface area contributed by atoms with Gasteiger partial charge in [0.1, 0.15) is 6.54 Å². The molecule has 128 valence electrons. The highest BCUT2D eigenvalue weighted by molar-refractivity contribution is 8.18. The van der Waals surface area contributed by atoms with Crippen molar-refractivity contribution in [3.63, 3.8) is 0 Å². The first-order valence-electron chi connectivity index (χ1n) is 7.33. The number of para-hydroxylation sites is 1. The zero-order valence-corrected chi connectivity index (χ0v) is 14.1. The van der Waals surface area contributed by atoms with Gasteiger partial charge < -0.3 is 14.6 Å². The third kappa shape index (κ3) is 3.88. The molecule has 0 radical (unpaired) electrons. The van der Waals surface area contributed by atoms with E-state index >= 15 is 0 Å². The Morgan fingerprint density at radius 2 is 2.04 bits per heavy atom. The molecule has 1 fully saturated rings. The van der Waals surface area contributed by atoms with Crippen LogP contribution in [0, 0.1) is 0 Å². The molecule has 24 heavy (non-hydrogen) atoms. The lowest BCUT2D eigenvalue weighted by Gasteiger charge is -2.11. The van der Waals surface area contributed by atoms with Gasteiger partial charge in [0.05, 0.1) is 18.1 Å². The summed E-state index contributed by atoms with van der Waals surface area (Å²) in [6.07, 6.45) is 1.40. The van der Waals surface area contributed by atoms with Crippen molar-refractivity contribution in [1.82, 2.24) is 4.90 Å². The van der Waals surface area contributed by atoms with E-state index in [-0.39, 0.29) is 23.0 Å². The summed E-state index contributed by atoms with van der Waals surface area (Å²) in [5.41, 5.74) is 0.350. The van der Waals surface area contributed by atoms with E-state index in [1.807, 2.05) is 0 Å². The van der Waals surface area contributed by atoms with Gasteiger partial charge in [-0.15, -0.1) is 0 Å². The molecule has 1 aromatic carbocycles. The smallest absolute Gasteiger partial charge is 0.326 e. The summed E-state index contributed by atoms with van der Waals surface area (Å²) in [7, 11) is 0. The zero-order valence-electron chi connectivity index (χ0n) is 13.3. The number of benzene rings is 1. The highest BCUT2D eigenvalue weighted by Gasteiger charge is 2.36. The third-order valence-corrected chi connectivity index (χ3v) is 3.99. The van der Waals surface area contributed by atoms with Gasteiger partial charge in [-0.1, -0.05) is 12.1 Å². The van der Waals surface area contributed by atoms with Crippen molar-refractivity contribution in [2.75, 3.05) is 19.8 Å². The third-order valence-electron chi connectivity index (χ3n) is 3.08. The molecule has 0 aliphatic carbocycles. The molecular weight excluding hydrogens is 334 g/mol. The molecular formula is C16H17NO6S. The first-order valence-corrected chi connectivity index (χ1v) is 8.15. The van der Waals surface area contributed by atoms with Gasteiger partial charge in [-0.3, -0.25) is 19.3 Å². The number of nitrogens with zero attached hydrogens (tertiary/aromatic N) is 1. The summed E-state index contributed by atoms with van der Waals surface area (Å²) in [4.78, 5) is 36.6. The first-order chi connectivity index (χ1) is 11.5. The molecule has 1 heterocycles. The van der Waals surface area contributed by atoms with E-state index in [2.05, 4.69) is 0 Å². The van der Waals surface area contributed by atoms with Crippen LogP contribution in [0.3, 0.4) is 0 Å². The summed E-state index contributed by atoms with van der Waals surface area (Å²) in [6, 6.07) is 4.86. The summed E-state index contributed by atoms with van der Waals surface area (Å²) in [6.45, 7) is 3.55. The second kappa shape index (κ2) is 7.87. The molecule has 0 unspecified atom stereocenters. The Morgan fingerprint density at radius 1 is 1.29 bits per heavy atom. The Kier molecular flexibility index (Phi) is 5.86. The monoisotopic (exact) mass is 351 g/mol. The maximum atomic E-state index is 12.3. The molecule has 2 rings (SSSR count). The number of phenolic OH excluding ortho intramolecular Hbond substituents is 1. The van der Waals surface area contributed by atoms with Gasteiger partial charge in [0.2, 0.25) is 0 Å². The molecule has 7 nitrogen and oxygen atoms in total. The normalized spacial score (nSPS) is 15.9. The molecule has 0 spiro atoms. The predicted molar refractivity (Wildman–Crippen MR) is 88.6 cm³/mol. The average molecular weight is 351 g/mol. The lowest BCUT2D eigenvalue weighted by atomic mass is 10.1. The number of hydrogen-bond acceptors (Lipinski definition) is 7. The van der Waals surface area contributed by atoms with Crippen LogP contribution in [0.15, 0.2) is 23.1 Å². The number of carbonyl (C=O) groups is 3. The molecule has 1 saturated heterocycles. The number of amides is 2. The number of phenols is 1. The van der Waals surface area contributed by atoms with Gasteiger partial charge in [-0.25, -0.2) is 0 Å². The van der Waals surface area contributed by atoms with Gasteiger partial charge in [0, 0.05) is 5.56 Å².